The van der Waals surface area contributed by atoms with E-state index < -0.39 is 30.0 Å². The number of aryl methyl sites for hydroxylation is 1. The van der Waals surface area contributed by atoms with Gasteiger partial charge in [0.1, 0.15) is 11.8 Å². The van der Waals surface area contributed by atoms with Crippen molar-refractivity contribution < 1.29 is 24.2 Å². The smallest absolute Gasteiger partial charge is 0.258 e. The number of nitrogen functional groups attached to an aromatic ring is 1. The van der Waals surface area contributed by atoms with E-state index in [0.717, 1.165) is 22.3 Å². The van der Waals surface area contributed by atoms with Crippen LogP contribution < -0.4 is 21.1 Å². The molecule has 1 aliphatic heterocycles. The number of carbonyl (C=O) groups is 3. The number of anilines is 1. The summed E-state index contributed by atoms with van der Waals surface area (Å²) in [5.41, 5.74) is 10.1. The summed E-state index contributed by atoms with van der Waals surface area (Å²) in [6, 6.07) is 20.5. The van der Waals surface area contributed by atoms with Crippen molar-refractivity contribution in [3.8, 4) is 5.75 Å². The first-order valence-electron chi connectivity index (χ1n) is 13.4. The zero-order chi connectivity index (χ0) is 29.4. The number of carbonyl (C=O) groups excluding carboxylic acids is 3. The van der Waals surface area contributed by atoms with Crippen LogP contribution >= 0.6 is 11.8 Å². The van der Waals surface area contributed by atoms with Crippen molar-refractivity contribution in [3.05, 3.63) is 95.1 Å². The van der Waals surface area contributed by atoms with Gasteiger partial charge in [-0.05, 0) is 54.7 Å². The molecular weight excluding hydrogens is 540 g/mol. The summed E-state index contributed by atoms with van der Waals surface area (Å²) in [5, 5.41) is 16.9. The summed E-state index contributed by atoms with van der Waals surface area (Å²) >= 11 is 1.43. The van der Waals surface area contributed by atoms with E-state index >= 15 is 0 Å². The van der Waals surface area contributed by atoms with Gasteiger partial charge in [0.05, 0.1) is 11.9 Å². The van der Waals surface area contributed by atoms with Gasteiger partial charge in [-0.1, -0.05) is 60.7 Å². The van der Waals surface area contributed by atoms with Crippen molar-refractivity contribution in [1.82, 2.24) is 15.5 Å². The van der Waals surface area contributed by atoms with Crippen molar-refractivity contribution in [2.24, 2.45) is 0 Å². The van der Waals surface area contributed by atoms with Gasteiger partial charge in [0.25, 0.3) is 11.8 Å². The Morgan fingerprint density at radius 2 is 1.78 bits per heavy atom. The molecule has 1 saturated heterocycles. The lowest BCUT2D eigenvalue weighted by Crippen LogP contribution is -2.56. The third-order valence-corrected chi connectivity index (χ3v) is 8.15. The molecule has 0 bridgehead atoms. The van der Waals surface area contributed by atoms with E-state index in [2.05, 4.69) is 10.6 Å². The fraction of sp³-hybridized carbons (Fsp3) is 0.323. The van der Waals surface area contributed by atoms with Gasteiger partial charge in [-0.2, -0.15) is 0 Å². The highest BCUT2D eigenvalue weighted by molar-refractivity contribution is 7.99. The molecule has 4 rings (SSSR count). The molecule has 1 heterocycles. The van der Waals surface area contributed by atoms with Gasteiger partial charge >= 0.3 is 0 Å². The highest BCUT2D eigenvalue weighted by Crippen LogP contribution is 2.24. The molecule has 3 amide bonds. The van der Waals surface area contributed by atoms with Crippen LogP contribution in [0.2, 0.25) is 0 Å². The molecule has 0 radical (unpaired) electrons. The number of ether oxygens (including phenoxy) is 1. The Morgan fingerprint density at radius 1 is 1.05 bits per heavy atom. The average molecular weight is 577 g/mol. The number of hydrogen-bond acceptors (Lipinski definition) is 7. The number of amides is 3. The average Bonchev–Trinajstić information content (AvgIpc) is 3.47. The number of aliphatic hydroxyl groups excluding tert-OH is 1. The van der Waals surface area contributed by atoms with Crippen molar-refractivity contribution in [2.75, 3.05) is 24.0 Å². The maximum atomic E-state index is 13.6. The molecular formula is C31H36N4O5S. The molecule has 5 N–H and O–H groups in total. The summed E-state index contributed by atoms with van der Waals surface area (Å²) in [5.74, 6) is -0.156. The van der Waals surface area contributed by atoms with Crippen molar-refractivity contribution >= 4 is 35.2 Å². The molecule has 1 aliphatic rings. The Balaban J connectivity index is 1.43. The molecule has 1 fully saturated rings. The van der Waals surface area contributed by atoms with E-state index in [-0.39, 0.29) is 31.4 Å². The Morgan fingerprint density at radius 3 is 2.54 bits per heavy atom. The lowest BCUT2D eigenvalue weighted by Gasteiger charge is -2.30. The van der Waals surface area contributed by atoms with Crippen LogP contribution in [-0.4, -0.2) is 64.2 Å². The summed E-state index contributed by atoms with van der Waals surface area (Å²) in [7, 11) is 0. The molecule has 3 aromatic rings. The quantitative estimate of drug-likeness (QED) is 0.258. The second kappa shape index (κ2) is 14.0. The highest BCUT2D eigenvalue weighted by Gasteiger charge is 2.40. The number of nitrogens with zero attached hydrogens (tertiary/aromatic N) is 1. The van der Waals surface area contributed by atoms with Crippen LogP contribution in [0.1, 0.15) is 22.3 Å². The Labute approximate surface area is 244 Å². The van der Waals surface area contributed by atoms with Crippen LogP contribution in [-0.2, 0) is 27.3 Å². The Bertz CT molecular complexity index is 1370. The maximum absolute atomic E-state index is 13.6. The van der Waals surface area contributed by atoms with Crippen LogP contribution in [0.25, 0.3) is 0 Å². The number of hydrogen-bond donors (Lipinski definition) is 4. The zero-order valence-electron chi connectivity index (χ0n) is 23.2. The number of nitrogens with one attached hydrogen (secondary N) is 2. The predicted molar refractivity (Wildman–Crippen MR) is 160 cm³/mol. The zero-order valence-corrected chi connectivity index (χ0v) is 24.0. The second-order valence-corrected chi connectivity index (χ2v) is 11.0. The first-order chi connectivity index (χ1) is 19.7. The topological polar surface area (TPSA) is 134 Å². The van der Waals surface area contributed by atoms with Gasteiger partial charge in [0.2, 0.25) is 5.91 Å². The summed E-state index contributed by atoms with van der Waals surface area (Å²) < 4.78 is 5.66. The lowest BCUT2D eigenvalue weighted by atomic mass is 9.99. The molecule has 10 heteroatoms. The largest absolute Gasteiger partial charge is 0.484 e. The van der Waals surface area contributed by atoms with Crippen LogP contribution in [0.5, 0.6) is 5.75 Å². The van der Waals surface area contributed by atoms with E-state index in [1.165, 1.54) is 16.7 Å². The normalized spacial score (nSPS) is 16.1. The Kier molecular flexibility index (Phi) is 10.3. The molecule has 3 atom stereocenters. The lowest BCUT2D eigenvalue weighted by molar-refractivity contribution is -0.146. The van der Waals surface area contributed by atoms with Gasteiger partial charge in [0, 0.05) is 18.0 Å². The van der Waals surface area contributed by atoms with Crippen molar-refractivity contribution in [3.63, 3.8) is 0 Å². The number of aliphatic hydroxyl groups is 1. The summed E-state index contributed by atoms with van der Waals surface area (Å²) in [6.07, 6.45) is -1.35. The van der Waals surface area contributed by atoms with E-state index in [1.54, 1.807) is 12.1 Å². The fourth-order valence-electron chi connectivity index (χ4n) is 4.63. The number of para-hydroxylation sites is 1. The number of thioether (sulfide) groups is 1. The minimum atomic E-state index is -1.57. The maximum Gasteiger partial charge on any atom is 0.258 e. The number of rotatable bonds is 11. The van der Waals surface area contributed by atoms with Crippen molar-refractivity contribution in [2.45, 2.75) is 45.0 Å². The van der Waals surface area contributed by atoms with Crippen LogP contribution in [0.4, 0.5) is 5.69 Å². The monoisotopic (exact) mass is 576 g/mol. The molecule has 0 spiro atoms. The minimum Gasteiger partial charge on any atom is -0.484 e. The molecule has 41 heavy (non-hydrogen) atoms. The van der Waals surface area contributed by atoms with E-state index in [9.17, 15) is 19.5 Å². The third kappa shape index (κ3) is 7.80. The Hall–Kier alpha value is -4.02. The molecule has 0 unspecified atom stereocenters. The highest BCUT2D eigenvalue weighted by atomic mass is 32.2. The molecule has 0 saturated carbocycles. The molecule has 0 aliphatic carbocycles. The van der Waals surface area contributed by atoms with Crippen LogP contribution in [0.15, 0.2) is 72.8 Å². The molecule has 0 aromatic heterocycles. The third-order valence-electron chi connectivity index (χ3n) is 7.14. The van der Waals surface area contributed by atoms with Crippen LogP contribution in [0, 0.1) is 13.8 Å². The van der Waals surface area contributed by atoms with Crippen LogP contribution in [0.3, 0.4) is 0 Å². The molecule has 216 valence electrons. The summed E-state index contributed by atoms with van der Waals surface area (Å²) in [4.78, 5) is 40.9. The minimum absolute atomic E-state index is 0.219. The van der Waals surface area contributed by atoms with Gasteiger partial charge < -0.3 is 31.1 Å². The van der Waals surface area contributed by atoms with Crippen molar-refractivity contribution in [1.29, 1.82) is 0 Å². The molecule has 3 aromatic carbocycles. The van der Waals surface area contributed by atoms with E-state index in [1.807, 2.05) is 74.5 Å². The number of nitrogens with two attached hydrogens (primary N) is 1. The number of benzene rings is 3. The summed E-state index contributed by atoms with van der Waals surface area (Å²) in [6.45, 7) is 3.77. The van der Waals surface area contributed by atoms with Gasteiger partial charge in [0.15, 0.2) is 12.7 Å². The fourth-order valence-corrected chi connectivity index (χ4v) is 5.80. The first kappa shape index (κ1) is 30.0. The van der Waals surface area contributed by atoms with Gasteiger partial charge in [-0.3, -0.25) is 14.4 Å². The van der Waals surface area contributed by atoms with Gasteiger partial charge in [-0.25, -0.2) is 0 Å². The first-order valence-corrected chi connectivity index (χ1v) is 14.6. The van der Waals surface area contributed by atoms with E-state index in [0.29, 0.717) is 17.2 Å². The van der Waals surface area contributed by atoms with E-state index in [4.69, 9.17) is 10.5 Å². The standard InChI is InChI=1S/C31H36N4O5S/c1-20-9-6-7-14-27(20)40-17-28(36)34-25(15-22-10-4-3-5-11-22)29(37)31(39)35-19-41-18-26(35)30(38)33-16-23-12-8-13-24(32)21(23)2/h3-14,25-26,29,37H,15-19,32H2,1-2H3,(H,33,38)(H,34,36)/t25-,26-,29-/m0/s1. The molecule has 9 nitrogen and oxygen atoms in total. The second-order valence-electron chi connectivity index (χ2n) is 10.0. The SMILES string of the molecule is Cc1ccccc1OCC(=O)N[C@@H](Cc1ccccc1)[C@H](O)C(=O)N1CSC[C@H]1C(=O)NCc1cccc(N)c1C. The van der Waals surface area contributed by atoms with Gasteiger partial charge in [-0.15, -0.1) is 11.8 Å². The predicted octanol–water partition coefficient (Wildman–Crippen LogP) is 2.57.